The molecule has 0 saturated heterocycles. The summed E-state index contributed by atoms with van der Waals surface area (Å²) >= 11 is 0. The van der Waals surface area contributed by atoms with Gasteiger partial charge in [0.05, 0.1) is 13.1 Å². The predicted octanol–water partition coefficient (Wildman–Crippen LogP) is 1.17. The topological polar surface area (TPSA) is 81.3 Å². The maximum atomic E-state index is 14.1. The Kier molecular flexibility index (Phi) is 3.63. The van der Waals surface area contributed by atoms with Crippen molar-refractivity contribution in [3.63, 3.8) is 0 Å². The highest BCUT2D eigenvalue weighted by Gasteiger charge is 2.36. The van der Waals surface area contributed by atoms with Crippen molar-refractivity contribution in [3.8, 4) is 0 Å². The minimum Gasteiger partial charge on any atom is -0.250 e. The van der Waals surface area contributed by atoms with Gasteiger partial charge in [0.25, 0.3) is 0 Å². The average molecular weight is 305 g/mol. The monoisotopic (exact) mass is 305 g/mol. The molecule has 0 aliphatic heterocycles. The molecular weight excluding hydrogens is 294 g/mol. The second kappa shape index (κ2) is 5.60. The Balaban J connectivity index is 2.01. The zero-order chi connectivity index (χ0) is 15.6. The Labute approximate surface area is 123 Å². The summed E-state index contributed by atoms with van der Waals surface area (Å²) < 4.78 is 29.8. The Morgan fingerprint density at radius 3 is 2.05 bits per heavy atom. The molecule has 113 valence electrons. The third-order valence-corrected chi connectivity index (χ3v) is 3.19. The lowest BCUT2D eigenvalue weighted by molar-refractivity contribution is -0.0711. The highest BCUT2D eigenvalue weighted by atomic mass is 19.1. The number of hydrogen-bond donors (Lipinski definition) is 0. The molecule has 0 N–H and O–H groups in total. The van der Waals surface area contributed by atoms with Crippen LogP contribution >= 0.6 is 0 Å². The van der Waals surface area contributed by atoms with Gasteiger partial charge in [-0.25, -0.2) is 33.2 Å². The van der Waals surface area contributed by atoms with Gasteiger partial charge in [0.15, 0.2) is 5.60 Å². The van der Waals surface area contributed by atoms with E-state index in [2.05, 4.69) is 20.2 Å². The van der Waals surface area contributed by atoms with Crippen LogP contribution in [0.5, 0.6) is 0 Å². The summed E-state index contributed by atoms with van der Waals surface area (Å²) in [5, 5.41) is 21.0. The fourth-order valence-electron chi connectivity index (χ4n) is 2.23. The van der Waals surface area contributed by atoms with E-state index in [0.29, 0.717) is 6.07 Å². The Morgan fingerprint density at radius 2 is 1.59 bits per heavy atom. The molecule has 2 aromatic heterocycles. The van der Waals surface area contributed by atoms with Crippen LogP contribution in [0.3, 0.4) is 0 Å². The van der Waals surface area contributed by atoms with E-state index in [-0.39, 0.29) is 18.7 Å². The van der Waals surface area contributed by atoms with Crippen molar-refractivity contribution >= 4 is 0 Å². The largest absolute Gasteiger partial charge is 0.250 e. The van der Waals surface area contributed by atoms with Crippen molar-refractivity contribution in [2.45, 2.75) is 18.7 Å². The molecule has 0 aliphatic carbocycles. The van der Waals surface area contributed by atoms with Crippen molar-refractivity contribution in [1.29, 1.82) is 0 Å². The zero-order valence-electron chi connectivity index (χ0n) is 11.3. The quantitative estimate of drug-likeness (QED) is 0.708. The molecule has 0 unspecified atom stereocenters. The third kappa shape index (κ3) is 2.84. The molecule has 0 bridgehead atoms. The van der Waals surface area contributed by atoms with Crippen molar-refractivity contribution in [3.05, 3.63) is 60.7 Å². The van der Waals surface area contributed by atoms with E-state index < -0.39 is 17.2 Å². The molecule has 0 amide bonds. The molecule has 2 heterocycles. The second-order valence-corrected chi connectivity index (χ2v) is 4.80. The number of benzene rings is 1. The van der Waals surface area contributed by atoms with Crippen LogP contribution in [0.25, 0.3) is 0 Å². The maximum absolute atomic E-state index is 14.1. The normalized spacial score (nSPS) is 11.8. The number of hydrogen-bond acceptors (Lipinski definition) is 4. The van der Waals surface area contributed by atoms with E-state index in [1.807, 2.05) is 0 Å². The molecule has 0 spiro atoms. The van der Waals surface area contributed by atoms with Crippen LogP contribution in [-0.4, -0.2) is 29.5 Å². The van der Waals surface area contributed by atoms with Gasteiger partial charge in [-0.3, -0.25) is 0 Å². The van der Waals surface area contributed by atoms with E-state index in [1.165, 1.54) is 34.7 Å². The fraction of sp³-hybridized carbons (Fsp3) is 0.231. The first kappa shape index (κ1) is 14.3. The standard InChI is InChI=1S/C13H11F2N6O/c14-10-1-2-11(12(15)3-10)13(22,4-20-8-16-6-18-20)5-21-9-17-7-19-21/h1-3,6-9H,4-5H2. The average Bonchev–Trinajstić information content (AvgIpc) is 3.12. The van der Waals surface area contributed by atoms with Crippen LogP contribution in [0.4, 0.5) is 8.78 Å². The third-order valence-electron chi connectivity index (χ3n) is 3.19. The first-order valence-electron chi connectivity index (χ1n) is 6.38. The molecule has 9 heteroatoms. The molecule has 0 aliphatic rings. The lowest BCUT2D eigenvalue weighted by Crippen LogP contribution is -2.36. The van der Waals surface area contributed by atoms with Crippen molar-refractivity contribution in [2.75, 3.05) is 0 Å². The zero-order valence-corrected chi connectivity index (χ0v) is 11.3. The first-order chi connectivity index (χ1) is 10.6. The summed E-state index contributed by atoms with van der Waals surface area (Å²) in [4.78, 5) is 7.52. The van der Waals surface area contributed by atoms with Gasteiger partial charge in [0.1, 0.15) is 36.9 Å². The summed E-state index contributed by atoms with van der Waals surface area (Å²) in [6, 6.07) is 2.88. The van der Waals surface area contributed by atoms with E-state index in [1.54, 1.807) is 0 Å². The molecule has 3 rings (SSSR count). The summed E-state index contributed by atoms with van der Waals surface area (Å²) in [6.07, 6.45) is 5.26. The van der Waals surface area contributed by atoms with Gasteiger partial charge in [-0.05, 0) is 6.07 Å². The van der Waals surface area contributed by atoms with Gasteiger partial charge < -0.3 is 0 Å². The number of rotatable bonds is 5. The Morgan fingerprint density at radius 1 is 1.00 bits per heavy atom. The highest BCUT2D eigenvalue weighted by Crippen LogP contribution is 2.28. The predicted molar refractivity (Wildman–Crippen MR) is 68.8 cm³/mol. The summed E-state index contributed by atoms with van der Waals surface area (Å²) in [5.74, 6) is -1.65. The SMILES string of the molecule is [O]C(Cn1cncn1)(Cn1cncn1)c1ccc(F)cc1F. The fourth-order valence-corrected chi connectivity index (χ4v) is 2.23. The molecule has 3 aromatic rings. The van der Waals surface area contributed by atoms with Gasteiger partial charge in [-0.1, -0.05) is 6.07 Å². The summed E-state index contributed by atoms with van der Waals surface area (Å²) in [7, 11) is 0. The van der Waals surface area contributed by atoms with Gasteiger partial charge in [0, 0.05) is 11.6 Å². The van der Waals surface area contributed by atoms with Crippen LogP contribution in [0.15, 0.2) is 43.5 Å². The maximum Gasteiger partial charge on any atom is 0.170 e. The minimum absolute atomic E-state index is 0.167. The summed E-state index contributed by atoms with van der Waals surface area (Å²) in [6.45, 7) is -0.370. The second-order valence-electron chi connectivity index (χ2n) is 4.80. The molecule has 0 atom stereocenters. The van der Waals surface area contributed by atoms with E-state index >= 15 is 0 Å². The van der Waals surface area contributed by atoms with E-state index in [4.69, 9.17) is 0 Å². The van der Waals surface area contributed by atoms with Crippen molar-refractivity contribution in [2.24, 2.45) is 0 Å². The molecule has 1 radical (unpaired) electrons. The van der Waals surface area contributed by atoms with Crippen LogP contribution < -0.4 is 0 Å². The van der Waals surface area contributed by atoms with Gasteiger partial charge >= 0.3 is 0 Å². The van der Waals surface area contributed by atoms with E-state index in [0.717, 1.165) is 12.1 Å². The van der Waals surface area contributed by atoms with Crippen molar-refractivity contribution in [1.82, 2.24) is 29.5 Å². The lowest BCUT2D eigenvalue weighted by Gasteiger charge is -2.26. The van der Waals surface area contributed by atoms with E-state index in [9.17, 15) is 13.9 Å². The van der Waals surface area contributed by atoms with Crippen LogP contribution in [0.2, 0.25) is 0 Å². The number of nitrogens with zero attached hydrogens (tertiary/aromatic N) is 6. The molecule has 0 fully saturated rings. The van der Waals surface area contributed by atoms with Gasteiger partial charge in [-0.2, -0.15) is 10.2 Å². The van der Waals surface area contributed by atoms with Crippen molar-refractivity contribution < 1.29 is 13.9 Å². The lowest BCUT2D eigenvalue weighted by atomic mass is 9.93. The Hall–Kier alpha value is -2.68. The highest BCUT2D eigenvalue weighted by molar-refractivity contribution is 5.25. The first-order valence-corrected chi connectivity index (χ1v) is 6.38. The smallest absolute Gasteiger partial charge is 0.170 e. The molecule has 0 saturated carbocycles. The minimum atomic E-state index is -1.95. The molecule has 22 heavy (non-hydrogen) atoms. The van der Waals surface area contributed by atoms with Gasteiger partial charge in [-0.15, -0.1) is 0 Å². The molecular formula is C13H11F2N6O. The molecule has 7 nitrogen and oxygen atoms in total. The van der Waals surface area contributed by atoms with Crippen LogP contribution in [0, 0.1) is 11.6 Å². The number of aromatic nitrogens is 6. The number of halogens is 2. The Bertz CT molecular complexity index is 708. The van der Waals surface area contributed by atoms with Gasteiger partial charge in [0.2, 0.25) is 0 Å². The van der Waals surface area contributed by atoms with Crippen LogP contribution in [0.1, 0.15) is 5.56 Å². The van der Waals surface area contributed by atoms with Crippen LogP contribution in [-0.2, 0) is 23.8 Å². The summed E-state index contributed by atoms with van der Waals surface area (Å²) in [5.41, 5.74) is -2.11. The molecule has 1 aromatic carbocycles.